The van der Waals surface area contributed by atoms with E-state index in [4.69, 9.17) is 0 Å². The summed E-state index contributed by atoms with van der Waals surface area (Å²) in [6, 6.07) is 11.9. The van der Waals surface area contributed by atoms with Gasteiger partial charge < -0.3 is 4.98 Å². The van der Waals surface area contributed by atoms with Crippen molar-refractivity contribution in [3.8, 4) is 0 Å². The number of aryl methyl sites for hydroxylation is 1. The number of hydrogen-bond acceptors (Lipinski definition) is 1. The molecule has 1 aromatic carbocycles. The number of benzene rings is 1. The Morgan fingerprint density at radius 2 is 1.88 bits per heavy atom. The quantitative estimate of drug-likeness (QED) is 0.605. The van der Waals surface area contributed by atoms with Crippen molar-refractivity contribution in [2.75, 3.05) is 0 Å². The fourth-order valence-corrected chi connectivity index (χ4v) is 1.23. The van der Waals surface area contributed by atoms with Gasteiger partial charge in [-0.25, -0.2) is 0 Å². The van der Waals surface area contributed by atoms with Crippen molar-refractivity contribution in [3.63, 3.8) is 0 Å². The predicted molar refractivity (Wildman–Crippen MR) is 69.9 cm³/mol. The number of aliphatic imine (C=N–C) groups is 1. The van der Waals surface area contributed by atoms with Crippen LogP contribution in [0.3, 0.4) is 0 Å². The van der Waals surface area contributed by atoms with Crippen molar-refractivity contribution in [1.82, 2.24) is 4.98 Å². The molecule has 0 radical (unpaired) electrons. The van der Waals surface area contributed by atoms with Crippen LogP contribution in [0.15, 0.2) is 47.6 Å². The average molecular weight is 318 g/mol. The third-order valence-electron chi connectivity index (χ3n) is 2.03. The van der Waals surface area contributed by atoms with E-state index in [-0.39, 0.29) is 0 Å². The number of nitrogens with zero attached hydrogens (tertiary/aromatic N) is 2. The summed E-state index contributed by atoms with van der Waals surface area (Å²) in [5, 5.41) is 0. The number of rotatable bonds is 2. The minimum atomic E-state index is 0.757. The Morgan fingerprint density at radius 3 is 2.47 bits per heavy atom. The molecule has 0 aliphatic rings. The van der Waals surface area contributed by atoms with Crippen LogP contribution < -0.4 is 4.98 Å². The van der Waals surface area contributed by atoms with E-state index in [2.05, 4.69) is 30.2 Å². The van der Waals surface area contributed by atoms with Crippen LogP contribution in [0.1, 0.15) is 11.3 Å². The van der Waals surface area contributed by atoms with E-state index >= 15 is 0 Å². The number of halogens is 2. The molecule has 0 saturated carbocycles. The van der Waals surface area contributed by atoms with E-state index in [1.807, 2.05) is 43.3 Å². The van der Waals surface area contributed by atoms with Gasteiger partial charge in [0.2, 0.25) is 0 Å². The van der Waals surface area contributed by atoms with Crippen molar-refractivity contribution in [2.45, 2.75) is 6.92 Å². The van der Waals surface area contributed by atoms with E-state index in [1.54, 1.807) is 12.4 Å². The molecule has 1 aromatic heterocycles. The molecule has 2 rings (SSSR count). The summed E-state index contributed by atoms with van der Waals surface area (Å²) in [4.78, 5) is 8.47. The molecule has 95 valence electrons. The molecule has 1 heterocycles. The van der Waals surface area contributed by atoms with Gasteiger partial charge in [-0.1, -0.05) is 30.3 Å². The number of aromatic nitrogens is 1. The zero-order valence-corrected chi connectivity index (χ0v) is 11.5. The second-order valence-corrected chi connectivity index (χ2v) is 4.71. The standard InChI is InChI=1S/C12H11N2.2ClH.Cu/c1-10-5-2-3-7-12(10)14-9-11-6-4-8-13-11;;;/h2-9H,1H3;2*1H;/q-1;;;+2/p-2. The molecule has 0 N–H and O–H groups in total. The van der Waals surface area contributed by atoms with Crippen LogP contribution in [0.4, 0.5) is 5.69 Å². The Kier molecular flexibility index (Phi) is 7.06. The van der Waals surface area contributed by atoms with Crippen LogP contribution in [0, 0.1) is 6.92 Å². The summed E-state index contributed by atoms with van der Waals surface area (Å²) in [5.41, 5.74) is 3.07. The van der Waals surface area contributed by atoms with Crippen LogP contribution >= 0.6 is 20.2 Å². The van der Waals surface area contributed by atoms with Gasteiger partial charge in [-0.05, 0) is 18.6 Å². The van der Waals surface area contributed by atoms with E-state index in [0.717, 1.165) is 24.5 Å². The third-order valence-corrected chi connectivity index (χ3v) is 2.03. The molecule has 0 unspecified atom stereocenters. The summed E-state index contributed by atoms with van der Waals surface area (Å²) >= 11 is 0.757. The zero-order valence-electron chi connectivity index (χ0n) is 9.07. The maximum absolute atomic E-state index is 4.67. The van der Waals surface area contributed by atoms with Crippen LogP contribution in [0.25, 0.3) is 0 Å². The fraction of sp³-hybridized carbons (Fsp3) is 0.0833. The molecule has 0 aliphatic carbocycles. The van der Waals surface area contributed by atoms with Crippen molar-refractivity contribution in [1.29, 1.82) is 0 Å². The summed E-state index contributed by atoms with van der Waals surface area (Å²) in [6.07, 6.45) is 3.54. The Hall–Kier alpha value is -0.731. The Morgan fingerprint density at radius 1 is 1.18 bits per heavy atom. The molecule has 0 aliphatic heterocycles. The topological polar surface area (TPSA) is 26.5 Å². The van der Waals surface area contributed by atoms with Gasteiger partial charge in [-0.15, -0.1) is 5.69 Å². The molecule has 0 spiro atoms. The SMILES string of the molecule is Cc1ccccc1N=Cc1ccc[n-]1.[Cl][Cu][Cl]. The van der Waals surface area contributed by atoms with Crippen molar-refractivity contribution >= 4 is 32.1 Å². The van der Waals surface area contributed by atoms with Gasteiger partial charge in [-0.3, -0.25) is 4.99 Å². The molecule has 0 saturated heterocycles. The molecular weight excluding hydrogens is 307 g/mol. The second kappa shape index (κ2) is 8.37. The van der Waals surface area contributed by atoms with Crippen LogP contribution in [0.2, 0.25) is 0 Å². The Labute approximate surface area is 116 Å². The molecule has 2 nitrogen and oxygen atoms in total. The molecule has 0 fully saturated rings. The maximum atomic E-state index is 4.67. The van der Waals surface area contributed by atoms with E-state index in [1.165, 1.54) is 5.56 Å². The first kappa shape index (κ1) is 14.3. The van der Waals surface area contributed by atoms with Crippen LogP contribution in [0.5, 0.6) is 0 Å². The molecular formula is C12H11Cl2CuN2-. The second-order valence-electron chi connectivity index (χ2n) is 3.15. The van der Waals surface area contributed by atoms with Gasteiger partial charge in [0.05, 0.1) is 5.69 Å². The van der Waals surface area contributed by atoms with Crippen LogP contribution in [-0.2, 0) is 13.1 Å². The molecule has 0 bridgehead atoms. The molecule has 17 heavy (non-hydrogen) atoms. The Bertz CT molecular complexity index is 455. The first-order chi connectivity index (χ1) is 8.27. The fourth-order valence-electron chi connectivity index (χ4n) is 1.23. The Balaban J connectivity index is 0.000000437. The molecule has 5 heteroatoms. The van der Waals surface area contributed by atoms with Gasteiger partial charge in [-0.2, -0.15) is 6.20 Å². The number of hydrogen-bond donors (Lipinski definition) is 0. The number of para-hydroxylation sites is 1. The monoisotopic (exact) mass is 316 g/mol. The minimum absolute atomic E-state index is 0.757. The normalized spacial score (nSPS) is 10.3. The van der Waals surface area contributed by atoms with Crippen LogP contribution in [-0.4, -0.2) is 6.21 Å². The molecule has 0 amide bonds. The van der Waals surface area contributed by atoms with Crippen molar-refractivity contribution < 1.29 is 13.1 Å². The van der Waals surface area contributed by atoms with Crippen molar-refractivity contribution in [2.24, 2.45) is 4.99 Å². The van der Waals surface area contributed by atoms with Crippen molar-refractivity contribution in [3.05, 3.63) is 53.9 Å². The van der Waals surface area contributed by atoms with E-state index in [0.29, 0.717) is 0 Å². The summed E-state index contributed by atoms with van der Waals surface area (Å²) in [5.74, 6) is 0. The third kappa shape index (κ3) is 5.42. The molecule has 2 aromatic rings. The first-order valence-corrected chi connectivity index (χ1v) is 7.35. The predicted octanol–water partition coefficient (Wildman–Crippen LogP) is 4.08. The van der Waals surface area contributed by atoms with E-state index in [9.17, 15) is 0 Å². The molecule has 0 atom stereocenters. The summed E-state index contributed by atoms with van der Waals surface area (Å²) < 4.78 is 0. The van der Waals surface area contributed by atoms with Gasteiger partial charge in [0.25, 0.3) is 0 Å². The van der Waals surface area contributed by atoms with Gasteiger partial charge in [0.15, 0.2) is 0 Å². The van der Waals surface area contributed by atoms with Gasteiger partial charge in [0.1, 0.15) is 0 Å². The average Bonchev–Trinajstić information content (AvgIpc) is 2.82. The first-order valence-electron chi connectivity index (χ1n) is 4.76. The summed E-state index contributed by atoms with van der Waals surface area (Å²) in [6.45, 7) is 2.05. The summed E-state index contributed by atoms with van der Waals surface area (Å²) in [7, 11) is 9.34. The zero-order chi connectivity index (χ0) is 12.5. The van der Waals surface area contributed by atoms with E-state index < -0.39 is 0 Å². The van der Waals surface area contributed by atoms with Gasteiger partial charge in [0, 0.05) is 6.21 Å². The van der Waals surface area contributed by atoms with Gasteiger partial charge >= 0.3 is 33.3 Å².